The molecule has 1 rings (SSSR count). The zero-order valence-corrected chi connectivity index (χ0v) is 10.4. The van der Waals surface area contributed by atoms with Gasteiger partial charge >= 0.3 is 0 Å². The molecular formula is C13H18O4. The minimum Gasteiger partial charge on any atom is -0.303 e. The Labute approximate surface area is 101 Å². The summed E-state index contributed by atoms with van der Waals surface area (Å²) in [6.45, 7) is 4.32. The minimum atomic E-state index is -0.419. The van der Waals surface area contributed by atoms with Crippen LogP contribution in [0.15, 0.2) is 0 Å². The monoisotopic (exact) mass is 238 g/mol. The van der Waals surface area contributed by atoms with Crippen LogP contribution in [-0.4, -0.2) is 23.6 Å². The summed E-state index contributed by atoms with van der Waals surface area (Å²) < 4.78 is 0. The van der Waals surface area contributed by atoms with Crippen molar-refractivity contribution in [3.63, 3.8) is 0 Å². The zero-order valence-electron chi connectivity index (χ0n) is 10.4. The van der Waals surface area contributed by atoms with Crippen LogP contribution in [0.3, 0.4) is 0 Å². The lowest BCUT2D eigenvalue weighted by molar-refractivity contribution is -0.139. The van der Waals surface area contributed by atoms with E-state index in [1.807, 2.05) is 0 Å². The van der Waals surface area contributed by atoms with Gasteiger partial charge in [0.05, 0.1) is 0 Å². The Balaban J connectivity index is 2.99. The molecule has 17 heavy (non-hydrogen) atoms. The van der Waals surface area contributed by atoms with Gasteiger partial charge in [-0.15, -0.1) is 0 Å². The standard InChI is InChI=1S/C13H18O4/c1-7(15)11-5-13(9(3)17)12(8(2)16)4-10(11)6-14/h6,10-13H,4-5H2,1-3H3. The topological polar surface area (TPSA) is 68.3 Å². The van der Waals surface area contributed by atoms with Gasteiger partial charge in [-0.05, 0) is 33.6 Å². The van der Waals surface area contributed by atoms with Crippen LogP contribution < -0.4 is 0 Å². The fraction of sp³-hybridized carbons (Fsp3) is 0.692. The third-order valence-corrected chi connectivity index (χ3v) is 3.78. The maximum Gasteiger partial charge on any atom is 0.133 e. The lowest BCUT2D eigenvalue weighted by atomic mass is 9.65. The molecule has 0 spiro atoms. The zero-order chi connectivity index (χ0) is 13.2. The molecule has 0 aliphatic heterocycles. The van der Waals surface area contributed by atoms with Crippen molar-refractivity contribution in [1.29, 1.82) is 0 Å². The van der Waals surface area contributed by atoms with E-state index in [1.54, 1.807) is 0 Å². The lowest BCUT2D eigenvalue weighted by Gasteiger charge is -2.36. The Morgan fingerprint density at radius 3 is 1.59 bits per heavy atom. The van der Waals surface area contributed by atoms with E-state index < -0.39 is 23.7 Å². The second kappa shape index (κ2) is 5.34. The highest BCUT2D eigenvalue weighted by Gasteiger charge is 2.42. The number of aldehydes is 1. The molecule has 94 valence electrons. The van der Waals surface area contributed by atoms with Gasteiger partial charge in [0.15, 0.2) is 0 Å². The van der Waals surface area contributed by atoms with E-state index in [0.29, 0.717) is 12.8 Å². The Morgan fingerprint density at radius 2 is 1.24 bits per heavy atom. The van der Waals surface area contributed by atoms with Crippen LogP contribution in [0, 0.1) is 23.7 Å². The molecule has 0 N–H and O–H groups in total. The summed E-state index contributed by atoms with van der Waals surface area (Å²) in [7, 11) is 0. The van der Waals surface area contributed by atoms with Crippen molar-refractivity contribution in [3.8, 4) is 0 Å². The Hall–Kier alpha value is -1.32. The Morgan fingerprint density at radius 1 is 0.824 bits per heavy atom. The fourth-order valence-electron chi connectivity index (χ4n) is 2.75. The van der Waals surface area contributed by atoms with E-state index in [4.69, 9.17) is 0 Å². The Kier molecular flexibility index (Phi) is 4.32. The summed E-state index contributed by atoms with van der Waals surface area (Å²) in [6.07, 6.45) is 1.41. The summed E-state index contributed by atoms with van der Waals surface area (Å²) in [5.74, 6) is -1.85. The Bertz CT molecular complexity index is 358. The molecular weight excluding hydrogens is 220 g/mol. The minimum absolute atomic E-state index is 0.0687. The van der Waals surface area contributed by atoms with Crippen molar-refractivity contribution in [2.24, 2.45) is 23.7 Å². The largest absolute Gasteiger partial charge is 0.303 e. The molecule has 4 nitrogen and oxygen atoms in total. The third kappa shape index (κ3) is 2.87. The number of rotatable bonds is 4. The molecule has 0 amide bonds. The van der Waals surface area contributed by atoms with Crippen molar-refractivity contribution < 1.29 is 19.2 Å². The summed E-state index contributed by atoms with van der Waals surface area (Å²) in [4.78, 5) is 45.5. The molecule has 0 bridgehead atoms. The van der Waals surface area contributed by atoms with Gasteiger partial charge in [0.2, 0.25) is 0 Å². The predicted octanol–water partition coefficient (Wildman–Crippen LogP) is 1.21. The van der Waals surface area contributed by atoms with Gasteiger partial charge in [-0.2, -0.15) is 0 Å². The predicted molar refractivity (Wildman–Crippen MR) is 61.3 cm³/mol. The molecule has 0 radical (unpaired) electrons. The van der Waals surface area contributed by atoms with Gasteiger partial charge in [-0.25, -0.2) is 0 Å². The molecule has 4 heteroatoms. The highest BCUT2D eigenvalue weighted by atomic mass is 16.1. The number of carbonyl (C=O) groups is 4. The van der Waals surface area contributed by atoms with E-state index in [2.05, 4.69) is 0 Å². The first-order valence-corrected chi connectivity index (χ1v) is 5.85. The van der Waals surface area contributed by atoms with Crippen LogP contribution in [0.25, 0.3) is 0 Å². The number of carbonyl (C=O) groups excluding carboxylic acids is 4. The van der Waals surface area contributed by atoms with E-state index in [0.717, 1.165) is 6.29 Å². The normalized spacial score (nSPS) is 32.9. The molecule has 0 aromatic carbocycles. The second-order valence-corrected chi connectivity index (χ2v) is 4.92. The van der Waals surface area contributed by atoms with Crippen molar-refractivity contribution >= 4 is 23.6 Å². The highest BCUT2D eigenvalue weighted by Crippen LogP contribution is 2.38. The highest BCUT2D eigenvalue weighted by molar-refractivity contribution is 5.90. The number of ketones is 3. The first kappa shape index (κ1) is 13.7. The van der Waals surface area contributed by atoms with E-state index in [9.17, 15) is 19.2 Å². The van der Waals surface area contributed by atoms with Gasteiger partial charge < -0.3 is 4.79 Å². The average Bonchev–Trinajstić information content (AvgIpc) is 2.26. The SMILES string of the molecule is CC(=O)C1CC(C(C)=O)C(C(C)=O)CC1C=O. The first-order chi connectivity index (χ1) is 7.88. The van der Waals surface area contributed by atoms with Crippen molar-refractivity contribution in [1.82, 2.24) is 0 Å². The second-order valence-electron chi connectivity index (χ2n) is 4.92. The van der Waals surface area contributed by atoms with Crippen LogP contribution in [0.5, 0.6) is 0 Å². The molecule has 0 aromatic heterocycles. The van der Waals surface area contributed by atoms with Crippen molar-refractivity contribution in [2.45, 2.75) is 33.6 Å². The van der Waals surface area contributed by atoms with Crippen LogP contribution in [0.1, 0.15) is 33.6 Å². The molecule has 4 unspecified atom stereocenters. The van der Waals surface area contributed by atoms with E-state index >= 15 is 0 Å². The van der Waals surface area contributed by atoms with Gasteiger partial charge in [-0.1, -0.05) is 0 Å². The molecule has 4 atom stereocenters. The van der Waals surface area contributed by atoms with Crippen LogP contribution in [0.2, 0.25) is 0 Å². The molecule has 1 saturated carbocycles. The lowest BCUT2D eigenvalue weighted by Crippen LogP contribution is -2.41. The van der Waals surface area contributed by atoms with Gasteiger partial charge in [0.25, 0.3) is 0 Å². The number of hydrogen-bond donors (Lipinski definition) is 0. The summed E-state index contributed by atoms with van der Waals surface area (Å²) >= 11 is 0. The van der Waals surface area contributed by atoms with Crippen LogP contribution in [-0.2, 0) is 19.2 Å². The summed E-state index contributed by atoms with van der Waals surface area (Å²) in [6, 6.07) is 0. The van der Waals surface area contributed by atoms with Crippen molar-refractivity contribution in [3.05, 3.63) is 0 Å². The smallest absolute Gasteiger partial charge is 0.133 e. The maximum atomic E-state index is 11.5. The first-order valence-electron chi connectivity index (χ1n) is 5.85. The van der Waals surface area contributed by atoms with Gasteiger partial charge in [0.1, 0.15) is 23.6 Å². The quantitative estimate of drug-likeness (QED) is 0.690. The molecule has 0 aromatic rings. The molecule has 0 heterocycles. The van der Waals surface area contributed by atoms with E-state index in [-0.39, 0.29) is 17.3 Å². The van der Waals surface area contributed by atoms with Gasteiger partial charge in [-0.3, -0.25) is 14.4 Å². The third-order valence-electron chi connectivity index (χ3n) is 3.78. The van der Waals surface area contributed by atoms with Crippen LogP contribution in [0.4, 0.5) is 0 Å². The van der Waals surface area contributed by atoms with Crippen LogP contribution >= 0.6 is 0 Å². The number of hydrogen-bond acceptors (Lipinski definition) is 4. The fourth-order valence-corrected chi connectivity index (χ4v) is 2.75. The summed E-state index contributed by atoms with van der Waals surface area (Å²) in [5.41, 5.74) is 0. The van der Waals surface area contributed by atoms with Gasteiger partial charge in [0, 0.05) is 23.7 Å². The maximum absolute atomic E-state index is 11.5. The van der Waals surface area contributed by atoms with Crippen molar-refractivity contribution in [2.75, 3.05) is 0 Å². The molecule has 1 aliphatic carbocycles. The number of Topliss-reactive ketones (excluding diaryl/α,β-unsaturated/α-hetero) is 3. The molecule has 1 aliphatic rings. The molecule has 1 fully saturated rings. The van der Waals surface area contributed by atoms with E-state index in [1.165, 1.54) is 20.8 Å². The summed E-state index contributed by atoms with van der Waals surface area (Å²) in [5, 5.41) is 0. The average molecular weight is 238 g/mol. The molecule has 0 saturated heterocycles.